The molecule has 0 saturated carbocycles. The molecule has 0 unspecified atom stereocenters. The first kappa shape index (κ1) is 12.2. The molecule has 0 aliphatic rings. The fourth-order valence-electron chi connectivity index (χ4n) is 1.43. The molecule has 0 aliphatic heterocycles. The first-order valence-electron chi connectivity index (χ1n) is 5.08. The van der Waals surface area contributed by atoms with Crippen LogP contribution in [0, 0.1) is 13.8 Å². The molecule has 1 rings (SSSR count). The molecule has 0 aromatic heterocycles. The number of carbonyl (C=O) groups excluding carboxylic acids is 1. The molecule has 16 heavy (non-hydrogen) atoms. The van der Waals surface area contributed by atoms with Gasteiger partial charge in [0.15, 0.2) is 0 Å². The van der Waals surface area contributed by atoms with E-state index in [1.807, 2.05) is 32.0 Å². The van der Waals surface area contributed by atoms with Crippen LogP contribution in [0.15, 0.2) is 18.2 Å². The Hall–Kier alpha value is -1.84. The van der Waals surface area contributed by atoms with Gasteiger partial charge in [-0.3, -0.25) is 9.59 Å². The highest BCUT2D eigenvalue weighted by Crippen LogP contribution is 2.19. The number of aliphatic carboxylic acids is 1. The van der Waals surface area contributed by atoms with Gasteiger partial charge in [-0.05, 0) is 25.0 Å². The Morgan fingerprint density at radius 1 is 1.19 bits per heavy atom. The normalized spacial score (nSPS) is 9.88. The molecule has 0 bridgehead atoms. The Morgan fingerprint density at radius 3 is 2.25 bits per heavy atom. The van der Waals surface area contributed by atoms with Crippen LogP contribution in [-0.2, 0) is 9.59 Å². The average molecular weight is 221 g/mol. The number of para-hydroxylation sites is 1. The van der Waals surface area contributed by atoms with E-state index in [0.717, 1.165) is 16.8 Å². The molecule has 0 atom stereocenters. The highest BCUT2D eigenvalue weighted by atomic mass is 16.4. The van der Waals surface area contributed by atoms with E-state index in [1.54, 1.807) is 0 Å². The summed E-state index contributed by atoms with van der Waals surface area (Å²) in [5.74, 6) is -1.23. The topological polar surface area (TPSA) is 66.4 Å². The van der Waals surface area contributed by atoms with Gasteiger partial charge in [-0.15, -0.1) is 0 Å². The molecule has 2 N–H and O–H groups in total. The summed E-state index contributed by atoms with van der Waals surface area (Å²) in [6.07, 6.45) is -0.139. The van der Waals surface area contributed by atoms with Crippen molar-refractivity contribution in [2.75, 3.05) is 5.32 Å². The zero-order valence-electron chi connectivity index (χ0n) is 9.41. The van der Waals surface area contributed by atoms with Crippen molar-refractivity contribution < 1.29 is 14.7 Å². The van der Waals surface area contributed by atoms with Crippen molar-refractivity contribution in [1.29, 1.82) is 0 Å². The lowest BCUT2D eigenvalue weighted by molar-refractivity contribution is -0.138. The summed E-state index contributed by atoms with van der Waals surface area (Å²) < 4.78 is 0. The second-order valence-electron chi connectivity index (χ2n) is 3.71. The van der Waals surface area contributed by atoms with Gasteiger partial charge >= 0.3 is 5.97 Å². The van der Waals surface area contributed by atoms with Crippen molar-refractivity contribution in [2.24, 2.45) is 0 Å². The number of carboxylic acids is 1. The number of benzene rings is 1. The van der Waals surface area contributed by atoms with Gasteiger partial charge in [0.2, 0.25) is 5.91 Å². The van der Waals surface area contributed by atoms with Crippen LogP contribution in [0.25, 0.3) is 0 Å². The molecule has 0 heterocycles. The zero-order chi connectivity index (χ0) is 12.1. The van der Waals surface area contributed by atoms with Crippen LogP contribution in [0.4, 0.5) is 5.69 Å². The SMILES string of the molecule is Cc1cccc(C)c1NC(=O)CCC(=O)O. The van der Waals surface area contributed by atoms with Crippen LogP contribution in [0.1, 0.15) is 24.0 Å². The van der Waals surface area contributed by atoms with E-state index in [0.29, 0.717) is 0 Å². The number of hydrogen-bond donors (Lipinski definition) is 2. The Kier molecular flexibility index (Phi) is 4.05. The summed E-state index contributed by atoms with van der Waals surface area (Å²) in [6.45, 7) is 3.81. The number of aryl methyl sites for hydroxylation is 2. The number of amides is 1. The lowest BCUT2D eigenvalue weighted by Gasteiger charge is -2.10. The summed E-state index contributed by atoms with van der Waals surface area (Å²) in [4.78, 5) is 21.8. The number of hydrogen-bond acceptors (Lipinski definition) is 2. The van der Waals surface area contributed by atoms with Crippen molar-refractivity contribution in [3.05, 3.63) is 29.3 Å². The number of rotatable bonds is 4. The Labute approximate surface area is 94.3 Å². The molecule has 0 aliphatic carbocycles. The fraction of sp³-hybridized carbons (Fsp3) is 0.333. The van der Waals surface area contributed by atoms with Gasteiger partial charge in [-0.1, -0.05) is 18.2 Å². The third kappa shape index (κ3) is 3.38. The molecule has 0 radical (unpaired) electrons. The van der Waals surface area contributed by atoms with Crippen LogP contribution in [0.3, 0.4) is 0 Å². The van der Waals surface area contributed by atoms with Crippen molar-refractivity contribution in [3.8, 4) is 0 Å². The maximum atomic E-state index is 11.4. The minimum Gasteiger partial charge on any atom is -0.481 e. The molecule has 1 amide bonds. The number of carboxylic acid groups (broad SMARTS) is 1. The Bertz CT molecular complexity index is 392. The van der Waals surface area contributed by atoms with E-state index in [-0.39, 0.29) is 18.7 Å². The van der Waals surface area contributed by atoms with E-state index in [4.69, 9.17) is 5.11 Å². The van der Waals surface area contributed by atoms with E-state index in [1.165, 1.54) is 0 Å². The summed E-state index contributed by atoms with van der Waals surface area (Å²) in [5.41, 5.74) is 2.73. The van der Waals surface area contributed by atoms with E-state index >= 15 is 0 Å². The smallest absolute Gasteiger partial charge is 0.303 e. The minimum absolute atomic E-state index is 0.00308. The fourth-order valence-corrected chi connectivity index (χ4v) is 1.43. The highest BCUT2D eigenvalue weighted by Gasteiger charge is 2.08. The van der Waals surface area contributed by atoms with Gasteiger partial charge in [-0.25, -0.2) is 0 Å². The maximum Gasteiger partial charge on any atom is 0.303 e. The van der Waals surface area contributed by atoms with Gasteiger partial charge in [0.1, 0.15) is 0 Å². The van der Waals surface area contributed by atoms with Crippen LogP contribution < -0.4 is 5.32 Å². The second kappa shape index (κ2) is 5.30. The van der Waals surface area contributed by atoms with Gasteiger partial charge in [0.05, 0.1) is 6.42 Å². The molecule has 1 aromatic carbocycles. The van der Waals surface area contributed by atoms with Crippen molar-refractivity contribution >= 4 is 17.6 Å². The molecule has 1 aromatic rings. The standard InChI is InChI=1S/C12H15NO3/c1-8-4-3-5-9(2)12(8)13-10(14)6-7-11(15)16/h3-5H,6-7H2,1-2H3,(H,13,14)(H,15,16). The molecular weight excluding hydrogens is 206 g/mol. The average Bonchev–Trinajstić information content (AvgIpc) is 2.21. The largest absolute Gasteiger partial charge is 0.481 e. The monoisotopic (exact) mass is 221 g/mol. The quantitative estimate of drug-likeness (QED) is 0.818. The van der Waals surface area contributed by atoms with Gasteiger partial charge in [-0.2, -0.15) is 0 Å². The maximum absolute atomic E-state index is 11.4. The predicted octanol–water partition coefficient (Wildman–Crippen LogP) is 2.11. The van der Waals surface area contributed by atoms with Gasteiger partial charge < -0.3 is 10.4 Å². The Balaban J connectivity index is 2.66. The van der Waals surface area contributed by atoms with Crippen molar-refractivity contribution in [1.82, 2.24) is 0 Å². The van der Waals surface area contributed by atoms with Crippen LogP contribution in [0.5, 0.6) is 0 Å². The molecular formula is C12H15NO3. The first-order chi connectivity index (χ1) is 7.50. The summed E-state index contributed by atoms with van der Waals surface area (Å²) >= 11 is 0. The van der Waals surface area contributed by atoms with Crippen LogP contribution >= 0.6 is 0 Å². The highest BCUT2D eigenvalue weighted by molar-refractivity contribution is 5.93. The van der Waals surface area contributed by atoms with Gasteiger partial charge in [0.25, 0.3) is 0 Å². The Morgan fingerprint density at radius 2 is 1.75 bits per heavy atom. The second-order valence-corrected chi connectivity index (χ2v) is 3.71. The van der Waals surface area contributed by atoms with Gasteiger partial charge in [0, 0.05) is 12.1 Å². The van der Waals surface area contributed by atoms with Crippen LogP contribution in [-0.4, -0.2) is 17.0 Å². The molecule has 0 saturated heterocycles. The van der Waals surface area contributed by atoms with Crippen molar-refractivity contribution in [3.63, 3.8) is 0 Å². The lowest BCUT2D eigenvalue weighted by atomic mass is 10.1. The number of anilines is 1. The first-order valence-corrected chi connectivity index (χ1v) is 5.08. The minimum atomic E-state index is -0.961. The molecule has 4 nitrogen and oxygen atoms in total. The lowest BCUT2D eigenvalue weighted by Crippen LogP contribution is -2.14. The van der Waals surface area contributed by atoms with E-state index in [9.17, 15) is 9.59 Å². The van der Waals surface area contributed by atoms with E-state index < -0.39 is 5.97 Å². The summed E-state index contributed by atoms with van der Waals surface area (Å²) in [6, 6.07) is 5.72. The van der Waals surface area contributed by atoms with Crippen LogP contribution in [0.2, 0.25) is 0 Å². The number of nitrogens with one attached hydrogen (secondary N) is 1. The molecule has 0 fully saturated rings. The molecule has 4 heteroatoms. The third-order valence-electron chi connectivity index (χ3n) is 2.31. The predicted molar refractivity (Wildman–Crippen MR) is 61.4 cm³/mol. The molecule has 0 spiro atoms. The summed E-state index contributed by atoms with van der Waals surface area (Å²) in [7, 11) is 0. The molecule has 86 valence electrons. The van der Waals surface area contributed by atoms with E-state index in [2.05, 4.69) is 5.32 Å². The zero-order valence-corrected chi connectivity index (χ0v) is 9.41. The summed E-state index contributed by atoms with van der Waals surface area (Å²) in [5, 5.41) is 11.2. The number of carbonyl (C=O) groups is 2. The third-order valence-corrected chi connectivity index (χ3v) is 2.31. The van der Waals surface area contributed by atoms with Crippen molar-refractivity contribution in [2.45, 2.75) is 26.7 Å².